The molecule has 0 aliphatic carbocycles. The minimum absolute atomic E-state index is 0.439. The number of hydrogen-bond donors (Lipinski definition) is 2. The molecule has 0 aromatic rings. The van der Waals surface area contributed by atoms with Crippen LogP contribution < -0.4 is 0 Å². The zero-order valence-corrected chi connectivity index (χ0v) is 6.20. The summed E-state index contributed by atoms with van der Waals surface area (Å²) in [5.74, 6) is -2.32. The van der Waals surface area contributed by atoms with Crippen molar-refractivity contribution in [1.82, 2.24) is 0 Å². The van der Waals surface area contributed by atoms with Crippen LogP contribution in [-0.4, -0.2) is 22.2 Å². The Morgan fingerprint density at radius 2 is 2.00 bits per heavy atom. The SMILES string of the molecule is C=CC(C)(CC(=O)O)C(=O)O. The van der Waals surface area contributed by atoms with Crippen molar-refractivity contribution in [2.75, 3.05) is 0 Å². The third-order valence-corrected chi connectivity index (χ3v) is 1.46. The molecular weight excluding hydrogens is 148 g/mol. The number of hydrogen-bond acceptors (Lipinski definition) is 2. The van der Waals surface area contributed by atoms with E-state index in [2.05, 4.69) is 6.58 Å². The smallest absolute Gasteiger partial charge is 0.313 e. The van der Waals surface area contributed by atoms with Gasteiger partial charge in [-0.15, -0.1) is 6.58 Å². The van der Waals surface area contributed by atoms with Crippen LogP contribution in [0.2, 0.25) is 0 Å². The summed E-state index contributed by atoms with van der Waals surface area (Å²) >= 11 is 0. The van der Waals surface area contributed by atoms with Crippen molar-refractivity contribution >= 4 is 11.9 Å². The first kappa shape index (κ1) is 9.68. The molecule has 0 heterocycles. The van der Waals surface area contributed by atoms with Crippen LogP contribution in [0.1, 0.15) is 13.3 Å². The summed E-state index contributed by atoms with van der Waals surface area (Å²) < 4.78 is 0. The standard InChI is InChI=1S/C7H10O4/c1-3-7(2,6(10)11)4-5(8)9/h3H,1,4H2,2H3,(H,8,9)(H,10,11). The Labute approximate surface area is 64.2 Å². The number of carboxylic acids is 2. The highest BCUT2D eigenvalue weighted by atomic mass is 16.4. The fraction of sp³-hybridized carbons (Fsp3) is 0.429. The summed E-state index contributed by atoms with van der Waals surface area (Å²) in [5.41, 5.74) is -1.36. The van der Waals surface area contributed by atoms with E-state index in [9.17, 15) is 9.59 Å². The summed E-state index contributed by atoms with van der Waals surface area (Å²) in [7, 11) is 0. The predicted octanol–water partition coefficient (Wildman–Crippen LogP) is 0.738. The predicted molar refractivity (Wildman–Crippen MR) is 38.2 cm³/mol. The van der Waals surface area contributed by atoms with Crippen LogP contribution in [0.15, 0.2) is 12.7 Å². The maximum atomic E-state index is 10.5. The number of aliphatic carboxylic acids is 2. The molecule has 0 amide bonds. The lowest BCUT2D eigenvalue weighted by molar-refractivity contribution is -0.151. The van der Waals surface area contributed by atoms with Gasteiger partial charge >= 0.3 is 11.9 Å². The summed E-state index contributed by atoms with van der Waals surface area (Å²) in [5, 5.41) is 16.9. The highest BCUT2D eigenvalue weighted by Gasteiger charge is 2.32. The lowest BCUT2D eigenvalue weighted by Gasteiger charge is -2.16. The molecule has 4 nitrogen and oxygen atoms in total. The van der Waals surface area contributed by atoms with E-state index in [1.54, 1.807) is 0 Å². The van der Waals surface area contributed by atoms with E-state index >= 15 is 0 Å². The average molecular weight is 158 g/mol. The normalized spacial score (nSPS) is 15.0. The fourth-order valence-electron chi connectivity index (χ4n) is 0.549. The number of rotatable bonds is 4. The molecule has 1 atom stereocenters. The fourth-order valence-corrected chi connectivity index (χ4v) is 0.549. The van der Waals surface area contributed by atoms with Gasteiger partial charge in [-0.05, 0) is 6.92 Å². The first-order chi connectivity index (χ1) is 4.92. The third kappa shape index (κ3) is 2.41. The molecule has 0 fully saturated rings. The largest absolute Gasteiger partial charge is 0.481 e. The van der Waals surface area contributed by atoms with Gasteiger partial charge in [-0.1, -0.05) is 6.08 Å². The van der Waals surface area contributed by atoms with Gasteiger partial charge in [-0.3, -0.25) is 9.59 Å². The molecule has 0 aromatic heterocycles. The molecule has 4 heteroatoms. The molecule has 11 heavy (non-hydrogen) atoms. The topological polar surface area (TPSA) is 74.6 Å². The molecule has 0 radical (unpaired) electrons. The van der Waals surface area contributed by atoms with Gasteiger partial charge < -0.3 is 10.2 Å². The third-order valence-electron chi connectivity index (χ3n) is 1.46. The molecule has 0 aliphatic rings. The van der Waals surface area contributed by atoms with Crippen molar-refractivity contribution in [2.24, 2.45) is 5.41 Å². The molecule has 0 saturated heterocycles. The molecule has 0 aliphatic heterocycles. The molecular formula is C7H10O4. The van der Waals surface area contributed by atoms with Gasteiger partial charge in [0.25, 0.3) is 0 Å². The number of carbonyl (C=O) groups is 2. The number of carboxylic acid groups (broad SMARTS) is 2. The van der Waals surface area contributed by atoms with Gasteiger partial charge in [0, 0.05) is 0 Å². The molecule has 0 rings (SSSR count). The van der Waals surface area contributed by atoms with Gasteiger partial charge in [0.2, 0.25) is 0 Å². The van der Waals surface area contributed by atoms with Crippen LogP contribution >= 0.6 is 0 Å². The zero-order chi connectivity index (χ0) is 9.07. The Bertz CT molecular complexity index is 197. The molecule has 62 valence electrons. The van der Waals surface area contributed by atoms with E-state index in [0.29, 0.717) is 0 Å². The Kier molecular flexibility index (Phi) is 2.80. The van der Waals surface area contributed by atoms with Crippen LogP contribution in [0.3, 0.4) is 0 Å². The van der Waals surface area contributed by atoms with E-state index in [-0.39, 0.29) is 0 Å². The highest BCUT2D eigenvalue weighted by molar-refractivity contribution is 5.82. The Hall–Kier alpha value is -1.32. The second-order valence-corrected chi connectivity index (χ2v) is 2.50. The van der Waals surface area contributed by atoms with Crippen molar-refractivity contribution < 1.29 is 19.8 Å². The van der Waals surface area contributed by atoms with Gasteiger partial charge in [-0.2, -0.15) is 0 Å². The maximum absolute atomic E-state index is 10.5. The van der Waals surface area contributed by atoms with Gasteiger partial charge in [0.1, 0.15) is 0 Å². The first-order valence-corrected chi connectivity index (χ1v) is 3.01. The van der Waals surface area contributed by atoms with Crippen molar-refractivity contribution in [1.29, 1.82) is 0 Å². The van der Waals surface area contributed by atoms with Gasteiger partial charge in [0.15, 0.2) is 0 Å². The van der Waals surface area contributed by atoms with Crippen molar-refractivity contribution in [3.63, 3.8) is 0 Å². The minimum Gasteiger partial charge on any atom is -0.481 e. The molecule has 0 spiro atoms. The quantitative estimate of drug-likeness (QED) is 0.591. The monoisotopic (exact) mass is 158 g/mol. The molecule has 1 unspecified atom stereocenters. The van der Waals surface area contributed by atoms with E-state index in [1.165, 1.54) is 6.92 Å². The maximum Gasteiger partial charge on any atom is 0.313 e. The zero-order valence-electron chi connectivity index (χ0n) is 6.20. The average Bonchev–Trinajstić information content (AvgIpc) is 1.86. The summed E-state index contributed by atoms with van der Waals surface area (Å²) in [6.07, 6.45) is 0.690. The van der Waals surface area contributed by atoms with Gasteiger partial charge in [0.05, 0.1) is 11.8 Å². The first-order valence-electron chi connectivity index (χ1n) is 3.01. The highest BCUT2D eigenvalue weighted by Crippen LogP contribution is 2.22. The molecule has 0 aromatic carbocycles. The van der Waals surface area contributed by atoms with Crippen LogP contribution in [-0.2, 0) is 9.59 Å². The van der Waals surface area contributed by atoms with Crippen LogP contribution in [0.25, 0.3) is 0 Å². The second-order valence-electron chi connectivity index (χ2n) is 2.50. The van der Waals surface area contributed by atoms with Crippen molar-refractivity contribution in [2.45, 2.75) is 13.3 Å². The minimum atomic E-state index is -1.36. The molecule has 0 bridgehead atoms. The van der Waals surface area contributed by atoms with Crippen LogP contribution in [0, 0.1) is 5.41 Å². The Morgan fingerprint density at radius 1 is 1.55 bits per heavy atom. The van der Waals surface area contributed by atoms with E-state index < -0.39 is 23.8 Å². The summed E-state index contributed by atoms with van der Waals surface area (Å²) in [6.45, 7) is 4.58. The van der Waals surface area contributed by atoms with Crippen LogP contribution in [0.5, 0.6) is 0 Å². The Morgan fingerprint density at radius 3 is 2.09 bits per heavy atom. The lowest BCUT2D eigenvalue weighted by Crippen LogP contribution is -2.27. The van der Waals surface area contributed by atoms with E-state index in [1.807, 2.05) is 0 Å². The second kappa shape index (κ2) is 3.18. The Balaban J connectivity index is 4.47. The lowest BCUT2D eigenvalue weighted by atomic mass is 9.87. The van der Waals surface area contributed by atoms with Crippen molar-refractivity contribution in [3.05, 3.63) is 12.7 Å². The van der Waals surface area contributed by atoms with Gasteiger partial charge in [-0.25, -0.2) is 0 Å². The molecule has 0 saturated carbocycles. The van der Waals surface area contributed by atoms with E-state index in [0.717, 1.165) is 6.08 Å². The van der Waals surface area contributed by atoms with Crippen molar-refractivity contribution in [3.8, 4) is 0 Å². The summed E-state index contributed by atoms with van der Waals surface area (Å²) in [6, 6.07) is 0. The van der Waals surface area contributed by atoms with Crippen LogP contribution in [0.4, 0.5) is 0 Å². The summed E-state index contributed by atoms with van der Waals surface area (Å²) in [4.78, 5) is 20.6. The van der Waals surface area contributed by atoms with E-state index in [4.69, 9.17) is 10.2 Å². The molecule has 2 N–H and O–H groups in total.